The first-order chi connectivity index (χ1) is 11.3. The van der Waals surface area contributed by atoms with Gasteiger partial charge in [0.25, 0.3) is 0 Å². The smallest absolute Gasteiger partial charge is 0.347 e. The first kappa shape index (κ1) is 17.0. The highest BCUT2D eigenvalue weighted by Crippen LogP contribution is 2.53. The van der Waals surface area contributed by atoms with Crippen molar-refractivity contribution >= 4 is 40.8 Å². The van der Waals surface area contributed by atoms with Gasteiger partial charge >= 0.3 is 5.97 Å². The maximum absolute atomic E-state index is 12.6. The molecule has 126 valence electrons. The Morgan fingerprint density at radius 1 is 1.00 bits per heavy atom. The molecule has 8 heteroatoms. The van der Waals surface area contributed by atoms with Crippen molar-refractivity contribution in [1.82, 2.24) is 0 Å². The molecule has 1 aliphatic heterocycles. The van der Waals surface area contributed by atoms with Crippen LogP contribution in [-0.4, -0.2) is 18.2 Å². The molecule has 3 rings (SSSR count). The van der Waals surface area contributed by atoms with E-state index in [1.807, 2.05) is 0 Å². The second kappa shape index (κ2) is 5.92. The number of benzene rings is 2. The standard InChI is InChI=1S/C16H11Cl3O5/c1-5-4-7(22-3)10(18)15-13(5)23-14-8(16(21)24-15)6(2)9(17)12(20)11(14)19/h4,20H,1-3H3. The molecule has 1 heterocycles. The molecule has 0 unspecified atom stereocenters. The Balaban J connectivity index is 2.34. The molecule has 0 radical (unpaired) electrons. The molecule has 0 saturated heterocycles. The van der Waals surface area contributed by atoms with Gasteiger partial charge in [0.1, 0.15) is 21.4 Å². The van der Waals surface area contributed by atoms with Crippen LogP contribution in [0.5, 0.6) is 28.7 Å². The minimum Gasteiger partial charge on any atom is -0.505 e. The van der Waals surface area contributed by atoms with Gasteiger partial charge in [-0.25, -0.2) is 4.79 Å². The molecule has 0 aromatic heterocycles. The molecule has 24 heavy (non-hydrogen) atoms. The van der Waals surface area contributed by atoms with Gasteiger partial charge in [-0.3, -0.25) is 0 Å². The Kier molecular flexibility index (Phi) is 4.20. The average molecular weight is 390 g/mol. The Hall–Kier alpha value is -1.82. The zero-order chi connectivity index (χ0) is 17.8. The van der Waals surface area contributed by atoms with E-state index in [-0.39, 0.29) is 49.2 Å². The number of esters is 1. The highest BCUT2D eigenvalue weighted by molar-refractivity contribution is 6.39. The van der Waals surface area contributed by atoms with Gasteiger partial charge in [-0.05, 0) is 31.0 Å². The largest absolute Gasteiger partial charge is 0.505 e. The number of methoxy groups -OCH3 is 1. The van der Waals surface area contributed by atoms with Gasteiger partial charge in [0, 0.05) is 0 Å². The van der Waals surface area contributed by atoms with E-state index in [0.29, 0.717) is 11.3 Å². The molecular formula is C16H11Cl3O5. The van der Waals surface area contributed by atoms with Crippen LogP contribution in [0.4, 0.5) is 0 Å². The molecule has 2 aromatic rings. The van der Waals surface area contributed by atoms with Crippen LogP contribution in [0.1, 0.15) is 21.5 Å². The fourth-order valence-electron chi connectivity index (χ4n) is 2.44. The van der Waals surface area contributed by atoms with E-state index in [4.69, 9.17) is 49.0 Å². The van der Waals surface area contributed by atoms with Crippen molar-refractivity contribution in [2.45, 2.75) is 13.8 Å². The van der Waals surface area contributed by atoms with Gasteiger partial charge in [-0.15, -0.1) is 0 Å². The molecule has 0 spiro atoms. The van der Waals surface area contributed by atoms with Crippen LogP contribution in [0.15, 0.2) is 6.07 Å². The van der Waals surface area contributed by atoms with E-state index in [1.165, 1.54) is 7.11 Å². The van der Waals surface area contributed by atoms with Crippen molar-refractivity contribution in [3.63, 3.8) is 0 Å². The highest BCUT2D eigenvalue weighted by Gasteiger charge is 2.33. The fraction of sp³-hybridized carbons (Fsp3) is 0.188. The first-order valence-corrected chi connectivity index (χ1v) is 7.88. The highest BCUT2D eigenvalue weighted by atomic mass is 35.5. The van der Waals surface area contributed by atoms with Gasteiger partial charge in [0.2, 0.25) is 0 Å². The summed E-state index contributed by atoms with van der Waals surface area (Å²) in [6.07, 6.45) is 0. The minimum absolute atomic E-state index is 0.0146. The Labute approximate surface area is 152 Å². The zero-order valence-electron chi connectivity index (χ0n) is 12.8. The molecule has 0 fully saturated rings. The molecule has 0 aliphatic carbocycles. The van der Waals surface area contributed by atoms with E-state index < -0.39 is 5.97 Å². The fourth-order valence-corrected chi connectivity index (χ4v) is 3.16. The lowest BCUT2D eigenvalue weighted by Crippen LogP contribution is -2.10. The van der Waals surface area contributed by atoms with E-state index in [2.05, 4.69) is 0 Å². The topological polar surface area (TPSA) is 65.0 Å². The predicted molar refractivity (Wildman–Crippen MR) is 90.6 cm³/mol. The van der Waals surface area contributed by atoms with Crippen molar-refractivity contribution in [1.29, 1.82) is 0 Å². The lowest BCUT2D eigenvalue weighted by Gasteiger charge is -2.15. The summed E-state index contributed by atoms with van der Waals surface area (Å²) in [7, 11) is 1.44. The zero-order valence-corrected chi connectivity index (χ0v) is 15.1. The number of phenols is 1. The normalized spacial score (nSPS) is 12.7. The second-order valence-corrected chi connectivity index (χ2v) is 6.30. The van der Waals surface area contributed by atoms with Gasteiger partial charge in [-0.2, -0.15) is 0 Å². The molecule has 0 atom stereocenters. The van der Waals surface area contributed by atoms with Gasteiger partial charge in [0.15, 0.2) is 23.0 Å². The van der Waals surface area contributed by atoms with Crippen LogP contribution in [0.25, 0.3) is 0 Å². The third-order valence-corrected chi connectivity index (χ3v) is 4.87. The van der Waals surface area contributed by atoms with Crippen molar-refractivity contribution in [3.8, 4) is 28.7 Å². The van der Waals surface area contributed by atoms with Crippen molar-refractivity contribution in [2.24, 2.45) is 0 Å². The third-order valence-electron chi connectivity index (χ3n) is 3.70. The number of phenolic OH excluding ortho intramolecular Hbond substituents is 1. The molecule has 1 N–H and O–H groups in total. The maximum atomic E-state index is 12.6. The summed E-state index contributed by atoms with van der Waals surface area (Å²) in [5.41, 5.74) is 0.913. The molecule has 0 saturated carbocycles. The Bertz CT molecular complexity index is 893. The van der Waals surface area contributed by atoms with Gasteiger partial charge in [0.05, 0.1) is 12.1 Å². The Morgan fingerprint density at radius 3 is 2.29 bits per heavy atom. The number of ether oxygens (including phenoxy) is 3. The monoisotopic (exact) mass is 388 g/mol. The van der Waals surface area contributed by atoms with Crippen LogP contribution in [0.3, 0.4) is 0 Å². The lowest BCUT2D eigenvalue weighted by molar-refractivity contribution is 0.0736. The molecule has 5 nitrogen and oxygen atoms in total. The summed E-state index contributed by atoms with van der Waals surface area (Å²) in [4.78, 5) is 12.6. The SMILES string of the molecule is COc1cc(C)c2c(c1Cl)OC(=O)c1c(C)c(Cl)c(O)c(Cl)c1O2. The number of fused-ring (bicyclic) bond motifs is 2. The van der Waals surface area contributed by atoms with E-state index in [0.717, 1.165) is 0 Å². The summed E-state index contributed by atoms with van der Waals surface area (Å²) in [5, 5.41) is 9.89. The summed E-state index contributed by atoms with van der Waals surface area (Å²) in [5.74, 6) is -0.609. The summed E-state index contributed by atoms with van der Waals surface area (Å²) in [6, 6.07) is 1.64. The molecule has 0 amide bonds. The second-order valence-electron chi connectivity index (χ2n) is 5.17. The predicted octanol–water partition coefficient (Wildman–Crippen LogP) is 5.30. The number of aromatic hydroxyl groups is 1. The number of carbonyl (C=O) groups is 1. The minimum atomic E-state index is -0.750. The van der Waals surface area contributed by atoms with Crippen LogP contribution in [-0.2, 0) is 0 Å². The number of hydrogen-bond donors (Lipinski definition) is 1. The summed E-state index contributed by atoms with van der Waals surface area (Å²) >= 11 is 18.4. The van der Waals surface area contributed by atoms with E-state index >= 15 is 0 Å². The van der Waals surface area contributed by atoms with Crippen molar-refractivity contribution in [2.75, 3.05) is 7.11 Å². The Morgan fingerprint density at radius 2 is 1.67 bits per heavy atom. The molecular weight excluding hydrogens is 379 g/mol. The average Bonchev–Trinajstić information content (AvgIpc) is 2.71. The number of hydrogen-bond acceptors (Lipinski definition) is 5. The van der Waals surface area contributed by atoms with Crippen LogP contribution in [0.2, 0.25) is 15.1 Å². The van der Waals surface area contributed by atoms with Crippen molar-refractivity contribution in [3.05, 3.63) is 37.8 Å². The molecule has 2 aromatic carbocycles. The van der Waals surface area contributed by atoms with Gasteiger partial charge in [-0.1, -0.05) is 34.8 Å². The number of halogens is 3. The van der Waals surface area contributed by atoms with Crippen LogP contribution >= 0.6 is 34.8 Å². The third kappa shape index (κ3) is 2.35. The summed E-state index contributed by atoms with van der Waals surface area (Å²) < 4.78 is 16.4. The first-order valence-electron chi connectivity index (χ1n) is 6.75. The number of aryl methyl sites for hydroxylation is 1. The van der Waals surface area contributed by atoms with Gasteiger partial charge < -0.3 is 19.3 Å². The number of rotatable bonds is 1. The molecule has 1 aliphatic rings. The maximum Gasteiger partial charge on any atom is 0.347 e. The van der Waals surface area contributed by atoms with Crippen LogP contribution < -0.4 is 14.2 Å². The van der Waals surface area contributed by atoms with Crippen molar-refractivity contribution < 1.29 is 24.1 Å². The summed E-state index contributed by atoms with van der Waals surface area (Å²) in [6.45, 7) is 3.28. The number of carbonyl (C=O) groups excluding carboxylic acids is 1. The van der Waals surface area contributed by atoms with Crippen LogP contribution in [0, 0.1) is 13.8 Å². The molecule has 0 bridgehead atoms. The lowest BCUT2D eigenvalue weighted by atomic mass is 10.1. The van der Waals surface area contributed by atoms with E-state index in [1.54, 1.807) is 19.9 Å². The van der Waals surface area contributed by atoms with E-state index in [9.17, 15) is 9.90 Å². The quantitative estimate of drug-likeness (QED) is 0.529.